The maximum absolute atomic E-state index is 12.1. The van der Waals surface area contributed by atoms with Crippen molar-refractivity contribution in [3.63, 3.8) is 0 Å². The molecule has 0 aliphatic rings. The number of carbonyl (C=O) groups excluding carboxylic acids is 3. The molecule has 0 aliphatic heterocycles. The van der Waals surface area contributed by atoms with Gasteiger partial charge in [0.15, 0.2) is 12.4 Å². The molecule has 1 aromatic rings. The van der Waals surface area contributed by atoms with Crippen molar-refractivity contribution in [1.82, 2.24) is 5.32 Å². The summed E-state index contributed by atoms with van der Waals surface area (Å²) in [6, 6.07) is 6.11. The first kappa shape index (κ1) is 19.2. The molecule has 1 rings (SSSR count). The highest BCUT2D eigenvalue weighted by atomic mass is 35.5. The van der Waals surface area contributed by atoms with E-state index in [1.54, 1.807) is 38.1 Å². The molecule has 2 atom stereocenters. The highest BCUT2D eigenvalue weighted by Gasteiger charge is 2.22. The first-order valence-electron chi connectivity index (χ1n) is 7.54. The fourth-order valence-electron chi connectivity index (χ4n) is 1.94. The smallest absolute Gasteiger partial charge is 0.258 e. The van der Waals surface area contributed by atoms with Gasteiger partial charge in [-0.05, 0) is 31.5 Å². The molecule has 6 heteroatoms. The van der Waals surface area contributed by atoms with Gasteiger partial charge in [-0.15, -0.1) is 0 Å². The van der Waals surface area contributed by atoms with Gasteiger partial charge in [-0.2, -0.15) is 0 Å². The van der Waals surface area contributed by atoms with E-state index in [1.165, 1.54) is 6.92 Å². The molecule has 0 fully saturated rings. The van der Waals surface area contributed by atoms with Crippen LogP contribution in [0.1, 0.15) is 33.6 Å². The van der Waals surface area contributed by atoms with Crippen LogP contribution >= 0.6 is 11.6 Å². The highest BCUT2D eigenvalue weighted by molar-refractivity contribution is 6.30. The van der Waals surface area contributed by atoms with Gasteiger partial charge in [-0.1, -0.05) is 31.5 Å². The van der Waals surface area contributed by atoms with E-state index in [2.05, 4.69) is 5.32 Å². The minimum atomic E-state index is -0.604. The number of nitrogens with one attached hydrogen (secondary N) is 1. The number of Topliss-reactive ketones (excluding diaryl/α,β-unsaturated/α-hetero) is 2. The van der Waals surface area contributed by atoms with Gasteiger partial charge in [-0.25, -0.2) is 0 Å². The largest absolute Gasteiger partial charge is 0.484 e. The summed E-state index contributed by atoms with van der Waals surface area (Å²) in [4.78, 5) is 35.3. The summed E-state index contributed by atoms with van der Waals surface area (Å²) in [5.74, 6) is -0.427. The lowest BCUT2D eigenvalue weighted by Gasteiger charge is -2.17. The van der Waals surface area contributed by atoms with Gasteiger partial charge in [0.1, 0.15) is 11.5 Å². The van der Waals surface area contributed by atoms with Crippen molar-refractivity contribution in [1.29, 1.82) is 0 Å². The quantitative estimate of drug-likeness (QED) is 0.751. The average Bonchev–Trinajstić information content (AvgIpc) is 2.50. The van der Waals surface area contributed by atoms with Gasteiger partial charge in [0.05, 0.1) is 6.04 Å². The second-order valence-electron chi connectivity index (χ2n) is 5.46. The number of rotatable bonds is 9. The molecule has 5 nitrogen and oxygen atoms in total. The minimum Gasteiger partial charge on any atom is -0.484 e. The number of ketones is 2. The lowest BCUT2D eigenvalue weighted by atomic mass is 9.96. The fraction of sp³-hybridized carbons (Fsp3) is 0.471. The van der Waals surface area contributed by atoms with Gasteiger partial charge in [0, 0.05) is 17.4 Å². The van der Waals surface area contributed by atoms with Crippen LogP contribution in [0.15, 0.2) is 24.3 Å². The molecule has 1 N–H and O–H groups in total. The van der Waals surface area contributed by atoms with Crippen molar-refractivity contribution in [2.75, 3.05) is 6.61 Å². The topological polar surface area (TPSA) is 72.5 Å². The maximum atomic E-state index is 12.1. The van der Waals surface area contributed by atoms with E-state index in [-0.39, 0.29) is 36.4 Å². The summed E-state index contributed by atoms with van der Waals surface area (Å²) in [5.41, 5.74) is 0. The Bertz CT molecular complexity index is 573. The maximum Gasteiger partial charge on any atom is 0.258 e. The minimum absolute atomic E-state index is 0.0381. The van der Waals surface area contributed by atoms with E-state index < -0.39 is 6.04 Å². The predicted octanol–water partition coefficient (Wildman–Crippen LogP) is 2.80. The van der Waals surface area contributed by atoms with Gasteiger partial charge in [0.2, 0.25) is 0 Å². The van der Waals surface area contributed by atoms with Crippen molar-refractivity contribution >= 4 is 29.1 Å². The van der Waals surface area contributed by atoms with Gasteiger partial charge >= 0.3 is 0 Å². The number of amides is 1. The highest BCUT2D eigenvalue weighted by Crippen LogP contribution is 2.16. The van der Waals surface area contributed by atoms with E-state index in [4.69, 9.17) is 16.3 Å². The first-order valence-corrected chi connectivity index (χ1v) is 7.92. The average molecular weight is 340 g/mol. The van der Waals surface area contributed by atoms with Crippen LogP contribution in [0.5, 0.6) is 5.75 Å². The Morgan fingerprint density at radius 2 is 2.00 bits per heavy atom. The normalized spacial score (nSPS) is 13.0. The molecule has 0 saturated carbocycles. The molecule has 0 heterocycles. The molecule has 23 heavy (non-hydrogen) atoms. The zero-order valence-electron chi connectivity index (χ0n) is 13.6. The summed E-state index contributed by atoms with van der Waals surface area (Å²) >= 11 is 5.83. The lowest BCUT2D eigenvalue weighted by molar-refractivity contribution is -0.130. The Morgan fingerprint density at radius 1 is 1.30 bits per heavy atom. The Morgan fingerprint density at radius 3 is 2.57 bits per heavy atom. The molecule has 1 amide bonds. The van der Waals surface area contributed by atoms with E-state index in [0.29, 0.717) is 17.2 Å². The molecule has 0 aliphatic carbocycles. The molecule has 2 unspecified atom stereocenters. The van der Waals surface area contributed by atoms with Crippen LogP contribution in [0.4, 0.5) is 0 Å². The molecule has 126 valence electrons. The Labute approximate surface area is 141 Å². The fourth-order valence-corrected chi connectivity index (χ4v) is 2.12. The monoisotopic (exact) mass is 339 g/mol. The number of halogens is 1. The molecular weight excluding hydrogens is 318 g/mol. The summed E-state index contributed by atoms with van der Waals surface area (Å²) in [6.45, 7) is 4.76. The Kier molecular flexibility index (Phi) is 7.75. The SMILES string of the molecule is CCC(NC(=O)COc1cccc(Cl)c1)C(=O)CC(C)C(C)=O. The summed E-state index contributed by atoms with van der Waals surface area (Å²) < 4.78 is 5.33. The van der Waals surface area contributed by atoms with Crippen LogP contribution in [-0.4, -0.2) is 30.1 Å². The Hall–Kier alpha value is -1.88. The molecule has 0 spiro atoms. The van der Waals surface area contributed by atoms with Gasteiger partial charge in [-0.3, -0.25) is 14.4 Å². The van der Waals surface area contributed by atoms with Crippen molar-refractivity contribution in [3.8, 4) is 5.75 Å². The van der Waals surface area contributed by atoms with Crippen LogP contribution < -0.4 is 10.1 Å². The van der Waals surface area contributed by atoms with E-state index in [1.807, 2.05) is 0 Å². The lowest BCUT2D eigenvalue weighted by Crippen LogP contribution is -2.43. The number of hydrogen-bond acceptors (Lipinski definition) is 4. The first-order chi connectivity index (χ1) is 10.8. The van der Waals surface area contributed by atoms with Crippen LogP contribution in [0.2, 0.25) is 5.02 Å². The van der Waals surface area contributed by atoms with Crippen molar-refractivity contribution in [2.45, 2.75) is 39.7 Å². The zero-order chi connectivity index (χ0) is 17.4. The second-order valence-corrected chi connectivity index (χ2v) is 5.89. The summed E-state index contributed by atoms with van der Waals surface area (Å²) in [5, 5.41) is 3.15. The molecule has 0 aromatic heterocycles. The van der Waals surface area contributed by atoms with Crippen molar-refractivity contribution < 1.29 is 19.1 Å². The third kappa shape index (κ3) is 6.82. The third-order valence-corrected chi connectivity index (χ3v) is 3.73. The van der Waals surface area contributed by atoms with Crippen LogP contribution in [-0.2, 0) is 14.4 Å². The third-order valence-electron chi connectivity index (χ3n) is 3.50. The zero-order valence-corrected chi connectivity index (χ0v) is 14.4. The second kappa shape index (κ2) is 9.30. The van der Waals surface area contributed by atoms with E-state index in [0.717, 1.165) is 0 Å². The molecule has 0 radical (unpaired) electrons. The van der Waals surface area contributed by atoms with Crippen molar-refractivity contribution in [3.05, 3.63) is 29.3 Å². The number of ether oxygens (including phenoxy) is 1. The number of carbonyl (C=O) groups is 3. The van der Waals surface area contributed by atoms with Crippen LogP contribution in [0.25, 0.3) is 0 Å². The van der Waals surface area contributed by atoms with Crippen LogP contribution in [0.3, 0.4) is 0 Å². The number of benzene rings is 1. The van der Waals surface area contributed by atoms with Crippen molar-refractivity contribution in [2.24, 2.45) is 5.92 Å². The van der Waals surface area contributed by atoms with Gasteiger partial charge in [0.25, 0.3) is 5.91 Å². The Balaban J connectivity index is 2.49. The standard InChI is InChI=1S/C17H22ClNO4/c1-4-15(16(21)8-11(2)12(3)20)19-17(22)10-23-14-7-5-6-13(18)9-14/h5-7,9,11,15H,4,8,10H2,1-3H3,(H,19,22). The molecule has 0 bridgehead atoms. The van der Waals surface area contributed by atoms with E-state index in [9.17, 15) is 14.4 Å². The van der Waals surface area contributed by atoms with Crippen LogP contribution in [0, 0.1) is 5.92 Å². The molecule has 0 saturated heterocycles. The van der Waals surface area contributed by atoms with E-state index >= 15 is 0 Å². The molecular formula is C17H22ClNO4. The van der Waals surface area contributed by atoms with Gasteiger partial charge < -0.3 is 10.1 Å². The predicted molar refractivity (Wildman–Crippen MR) is 88.6 cm³/mol. The number of hydrogen-bond donors (Lipinski definition) is 1. The summed E-state index contributed by atoms with van der Waals surface area (Å²) in [7, 11) is 0. The molecule has 1 aromatic carbocycles. The summed E-state index contributed by atoms with van der Waals surface area (Å²) in [6.07, 6.45) is 0.593.